The lowest BCUT2D eigenvalue weighted by Gasteiger charge is -2.32. The van der Waals surface area contributed by atoms with Gasteiger partial charge in [0.25, 0.3) is 0 Å². The Morgan fingerprint density at radius 1 is 1.33 bits per heavy atom. The topological polar surface area (TPSA) is 83.6 Å². The van der Waals surface area contributed by atoms with Gasteiger partial charge in [-0.1, -0.05) is 6.42 Å². The van der Waals surface area contributed by atoms with E-state index in [0.29, 0.717) is 19.6 Å². The van der Waals surface area contributed by atoms with Crippen molar-refractivity contribution in [3.8, 4) is 0 Å². The van der Waals surface area contributed by atoms with Gasteiger partial charge in [-0.05, 0) is 31.7 Å². The number of sulfone groups is 1. The summed E-state index contributed by atoms with van der Waals surface area (Å²) in [5, 5.41) is 10.3. The van der Waals surface area contributed by atoms with Gasteiger partial charge >= 0.3 is 0 Å². The van der Waals surface area contributed by atoms with Gasteiger partial charge in [0, 0.05) is 19.6 Å². The average Bonchev–Trinajstić information content (AvgIpc) is 2.70. The molecule has 0 aromatic carbocycles. The summed E-state index contributed by atoms with van der Waals surface area (Å²) in [6.07, 6.45) is 3.82. The smallest absolute Gasteiger partial charge is 0.152 e. The molecule has 0 amide bonds. The summed E-state index contributed by atoms with van der Waals surface area (Å²) in [6.45, 7) is 2.49. The first-order valence-electron chi connectivity index (χ1n) is 6.80. The summed E-state index contributed by atoms with van der Waals surface area (Å²) >= 11 is 0. The molecule has 18 heavy (non-hydrogen) atoms. The molecule has 106 valence electrons. The van der Waals surface area contributed by atoms with E-state index in [4.69, 9.17) is 5.73 Å². The standard InChI is InChI=1S/C12H24N2O3S/c13-10-12(15)4-1-2-11(12)3-5-14-6-8-18(16,17)9-7-14/h11,15H,1-10,13H2. The van der Waals surface area contributed by atoms with Crippen molar-refractivity contribution >= 4 is 9.84 Å². The first kappa shape index (κ1) is 14.2. The first-order valence-corrected chi connectivity index (χ1v) is 8.62. The molecule has 2 aliphatic rings. The molecule has 1 aliphatic heterocycles. The molecule has 2 rings (SSSR count). The van der Waals surface area contributed by atoms with E-state index < -0.39 is 15.4 Å². The van der Waals surface area contributed by atoms with E-state index in [1.165, 1.54) is 0 Å². The second-order valence-electron chi connectivity index (χ2n) is 5.68. The fourth-order valence-corrected chi connectivity index (χ4v) is 4.40. The van der Waals surface area contributed by atoms with E-state index >= 15 is 0 Å². The van der Waals surface area contributed by atoms with E-state index in [9.17, 15) is 13.5 Å². The minimum absolute atomic E-state index is 0.277. The molecule has 1 saturated heterocycles. The molecule has 1 saturated carbocycles. The van der Waals surface area contributed by atoms with Gasteiger partial charge in [-0.15, -0.1) is 0 Å². The third kappa shape index (κ3) is 3.23. The third-order valence-corrected chi connectivity index (χ3v) is 6.12. The lowest BCUT2D eigenvalue weighted by Crippen LogP contribution is -2.44. The molecule has 0 bridgehead atoms. The van der Waals surface area contributed by atoms with Gasteiger partial charge in [0.2, 0.25) is 0 Å². The second kappa shape index (κ2) is 5.45. The van der Waals surface area contributed by atoms with Crippen LogP contribution in [0.1, 0.15) is 25.7 Å². The molecule has 5 nitrogen and oxygen atoms in total. The Hall–Kier alpha value is -0.170. The molecule has 2 unspecified atom stereocenters. The Labute approximate surface area is 109 Å². The van der Waals surface area contributed by atoms with Crippen LogP contribution in [-0.4, -0.2) is 61.7 Å². The molecule has 6 heteroatoms. The van der Waals surface area contributed by atoms with Crippen LogP contribution in [0, 0.1) is 5.92 Å². The molecule has 0 radical (unpaired) electrons. The molecular formula is C12H24N2O3S. The van der Waals surface area contributed by atoms with Crippen LogP contribution in [0.2, 0.25) is 0 Å². The minimum atomic E-state index is -2.79. The summed E-state index contributed by atoms with van der Waals surface area (Å²) in [4.78, 5) is 2.19. The molecule has 0 spiro atoms. The Kier molecular flexibility index (Phi) is 4.31. The Morgan fingerprint density at radius 3 is 2.61 bits per heavy atom. The Bertz CT molecular complexity index is 371. The van der Waals surface area contributed by atoms with Gasteiger partial charge in [0.1, 0.15) is 0 Å². The van der Waals surface area contributed by atoms with Crippen LogP contribution >= 0.6 is 0 Å². The van der Waals surface area contributed by atoms with Crippen molar-refractivity contribution < 1.29 is 13.5 Å². The van der Waals surface area contributed by atoms with Crippen LogP contribution < -0.4 is 5.73 Å². The van der Waals surface area contributed by atoms with Gasteiger partial charge in [0.15, 0.2) is 9.84 Å². The summed E-state index contributed by atoms with van der Waals surface area (Å²) < 4.78 is 22.6. The molecule has 0 aromatic heterocycles. The van der Waals surface area contributed by atoms with E-state index in [1.54, 1.807) is 0 Å². The number of rotatable bonds is 4. The van der Waals surface area contributed by atoms with Gasteiger partial charge < -0.3 is 15.7 Å². The normalized spacial score (nSPS) is 36.9. The van der Waals surface area contributed by atoms with Crippen molar-refractivity contribution in [3.05, 3.63) is 0 Å². The van der Waals surface area contributed by atoms with E-state index in [-0.39, 0.29) is 17.4 Å². The predicted molar refractivity (Wildman–Crippen MR) is 71.1 cm³/mol. The highest BCUT2D eigenvalue weighted by molar-refractivity contribution is 7.91. The van der Waals surface area contributed by atoms with E-state index in [2.05, 4.69) is 4.90 Å². The minimum Gasteiger partial charge on any atom is -0.388 e. The quantitative estimate of drug-likeness (QED) is 0.730. The van der Waals surface area contributed by atoms with Gasteiger partial charge in [-0.2, -0.15) is 0 Å². The summed E-state index contributed by atoms with van der Waals surface area (Å²) in [6, 6.07) is 0. The fraction of sp³-hybridized carbons (Fsp3) is 1.00. The number of nitrogens with two attached hydrogens (primary N) is 1. The monoisotopic (exact) mass is 276 g/mol. The molecular weight excluding hydrogens is 252 g/mol. The number of nitrogens with zero attached hydrogens (tertiary/aromatic N) is 1. The molecule has 1 heterocycles. The van der Waals surface area contributed by atoms with Crippen molar-refractivity contribution in [3.63, 3.8) is 0 Å². The van der Waals surface area contributed by atoms with Crippen LogP contribution in [0.25, 0.3) is 0 Å². The van der Waals surface area contributed by atoms with Crippen LogP contribution in [0.3, 0.4) is 0 Å². The number of aliphatic hydroxyl groups is 1. The highest BCUT2D eigenvalue weighted by Crippen LogP contribution is 2.37. The summed E-state index contributed by atoms with van der Waals surface area (Å²) in [5.41, 5.74) is 4.98. The van der Waals surface area contributed by atoms with Crippen LogP contribution in [0.4, 0.5) is 0 Å². The lowest BCUT2D eigenvalue weighted by atomic mass is 9.88. The zero-order valence-corrected chi connectivity index (χ0v) is 11.7. The van der Waals surface area contributed by atoms with Crippen LogP contribution in [0.15, 0.2) is 0 Å². The Balaban J connectivity index is 1.79. The van der Waals surface area contributed by atoms with Crippen LogP contribution in [0.5, 0.6) is 0 Å². The third-order valence-electron chi connectivity index (χ3n) is 4.51. The zero-order valence-electron chi connectivity index (χ0n) is 10.8. The summed E-state index contributed by atoms with van der Waals surface area (Å²) in [7, 11) is -2.79. The maximum absolute atomic E-state index is 11.3. The number of hydrogen-bond acceptors (Lipinski definition) is 5. The van der Waals surface area contributed by atoms with Crippen molar-refractivity contribution in [1.82, 2.24) is 4.90 Å². The Morgan fingerprint density at radius 2 is 2.00 bits per heavy atom. The van der Waals surface area contributed by atoms with Gasteiger partial charge in [0.05, 0.1) is 17.1 Å². The molecule has 3 N–H and O–H groups in total. The van der Waals surface area contributed by atoms with Gasteiger partial charge in [-0.25, -0.2) is 8.42 Å². The van der Waals surface area contributed by atoms with Crippen LogP contribution in [-0.2, 0) is 9.84 Å². The molecule has 0 aromatic rings. The largest absolute Gasteiger partial charge is 0.388 e. The molecule has 1 aliphatic carbocycles. The maximum atomic E-state index is 11.3. The van der Waals surface area contributed by atoms with Gasteiger partial charge in [-0.3, -0.25) is 0 Å². The van der Waals surface area contributed by atoms with Crippen molar-refractivity contribution in [2.45, 2.75) is 31.3 Å². The van der Waals surface area contributed by atoms with Crippen molar-refractivity contribution in [2.75, 3.05) is 37.7 Å². The van der Waals surface area contributed by atoms with Crippen molar-refractivity contribution in [2.24, 2.45) is 11.7 Å². The predicted octanol–water partition coefficient (Wildman–Crippen LogP) is -0.403. The lowest BCUT2D eigenvalue weighted by molar-refractivity contribution is 0.00481. The highest BCUT2D eigenvalue weighted by Gasteiger charge is 2.39. The molecule has 2 fully saturated rings. The van der Waals surface area contributed by atoms with E-state index in [1.807, 2.05) is 0 Å². The molecule has 2 atom stereocenters. The zero-order chi connectivity index (χ0) is 13.2. The first-order chi connectivity index (χ1) is 8.45. The second-order valence-corrected chi connectivity index (χ2v) is 7.98. The van der Waals surface area contributed by atoms with E-state index in [0.717, 1.165) is 32.2 Å². The highest BCUT2D eigenvalue weighted by atomic mass is 32.2. The maximum Gasteiger partial charge on any atom is 0.152 e. The van der Waals surface area contributed by atoms with Crippen molar-refractivity contribution in [1.29, 1.82) is 0 Å². The SMILES string of the molecule is NCC1(O)CCCC1CCN1CCS(=O)(=O)CC1. The fourth-order valence-electron chi connectivity index (χ4n) is 3.12. The summed E-state index contributed by atoms with van der Waals surface area (Å²) in [5.74, 6) is 0.832. The average molecular weight is 276 g/mol. The number of hydrogen-bond donors (Lipinski definition) is 2.